The van der Waals surface area contributed by atoms with Crippen LogP contribution >= 0.6 is 11.3 Å². The third kappa shape index (κ3) is 4.40. The zero-order chi connectivity index (χ0) is 27.1. The Hall–Kier alpha value is -2.65. The second-order valence-corrected chi connectivity index (χ2v) is 12.2. The molecular weight excluding hydrogens is 468 g/mol. The molecule has 2 nitrogen and oxygen atoms in total. The van der Waals surface area contributed by atoms with Crippen LogP contribution in [-0.4, -0.2) is 9.38 Å². The summed E-state index contributed by atoms with van der Waals surface area (Å²) in [4.78, 5) is 7.84. The molecule has 196 valence electrons. The molecule has 0 N–H and O–H groups in total. The van der Waals surface area contributed by atoms with Gasteiger partial charge in [-0.15, -0.1) is 11.3 Å². The van der Waals surface area contributed by atoms with Crippen LogP contribution < -0.4 is 0 Å². The second-order valence-electron chi connectivity index (χ2n) is 11.0. The fourth-order valence-corrected chi connectivity index (χ4v) is 6.81. The highest BCUT2D eigenvalue weighted by Crippen LogP contribution is 2.44. The van der Waals surface area contributed by atoms with Gasteiger partial charge in [0.2, 0.25) is 0 Å². The van der Waals surface area contributed by atoms with Crippen molar-refractivity contribution in [3.8, 4) is 11.3 Å². The third-order valence-corrected chi connectivity index (χ3v) is 9.25. The molecule has 0 radical (unpaired) electrons. The maximum absolute atomic E-state index is 5.20. The van der Waals surface area contributed by atoms with Crippen LogP contribution in [0.3, 0.4) is 0 Å². The molecule has 3 heterocycles. The van der Waals surface area contributed by atoms with Crippen molar-refractivity contribution in [1.29, 1.82) is 0 Å². The lowest BCUT2D eigenvalue weighted by Crippen LogP contribution is -2.20. The van der Waals surface area contributed by atoms with E-state index in [1.165, 1.54) is 53.8 Å². The van der Waals surface area contributed by atoms with Crippen molar-refractivity contribution in [2.45, 2.75) is 99.3 Å². The smallest absolute Gasteiger partial charge is 0.146 e. The molecule has 2 aromatic carbocycles. The molecule has 5 aromatic rings. The zero-order valence-corrected chi connectivity index (χ0v) is 25.3. The fourth-order valence-electron chi connectivity index (χ4n) is 5.77. The van der Waals surface area contributed by atoms with Crippen LogP contribution in [0, 0.1) is 6.92 Å². The Kier molecular flexibility index (Phi) is 7.85. The topological polar surface area (TPSA) is 17.3 Å². The summed E-state index contributed by atoms with van der Waals surface area (Å²) in [5.74, 6) is 0.878. The molecule has 0 atom stereocenters. The molecule has 3 heteroatoms. The molecule has 5 rings (SSSR count). The number of pyridine rings is 1. The first kappa shape index (κ1) is 27.4. The van der Waals surface area contributed by atoms with Crippen molar-refractivity contribution in [2.75, 3.05) is 0 Å². The van der Waals surface area contributed by atoms with E-state index >= 15 is 0 Å². The van der Waals surface area contributed by atoms with Crippen LogP contribution in [0.25, 0.3) is 37.9 Å². The maximum Gasteiger partial charge on any atom is 0.146 e. The van der Waals surface area contributed by atoms with Gasteiger partial charge in [0.25, 0.3) is 0 Å². The van der Waals surface area contributed by atoms with Crippen LogP contribution in [0.1, 0.15) is 109 Å². The van der Waals surface area contributed by atoms with E-state index in [1.54, 1.807) is 0 Å². The molecule has 0 saturated carbocycles. The molecule has 3 aromatic heterocycles. The average molecular weight is 513 g/mol. The molecule has 0 aliphatic rings. The van der Waals surface area contributed by atoms with Crippen LogP contribution in [0.5, 0.6) is 0 Å². The Bertz CT molecular complexity index is 1520. The van der Waals surface area contributed by atoms with Gasteiger partial charge in [0, 0.05) is 21.2 Å². The summed E-state index contributed by atoms with van der Waals surface area (Å²) in [6.45, 7) is 22.5. The summed E-state index contributed by atoms with van der Waals surface area (Å²) in [6.07, 6.45) is 4.36. The van der Waals surface area contributed by atoms with Crippen molar-refractivity contribution in [2.24, 2.45) is 0 Å². The fraction of sp³-hybridized carbons (Fsp3) is 0.441. The van der Waals surface area contributed by atoms with Crippen LogP contribution in [0.2, 0.25) is 0 Å². The number of aromatic nitrogens is 2. The summed E-state index contributed by atoms with van der Waals surface area (Å²) in [7, 11) is 0. The Morgan fingerprint density at radius 1 is 0.892 bits per heavy atom. The highest BCUT2D eigenvalue weighted by Gasteiger charge is 2.28. The Balaban J connectivity index is 0.00000156. The van der Waals surface area contributed by atoms with Crippen LogP contribution in [0.15, 0.2) is 48.7 Å². The highest BCUT2D eigenvalue weighted by atomic mass is 32.1. The number of hydrogen-bond acceptors (Lipinski definition) is 2. The van der Waals surface area contributed by atoms with E-state index in [0.29, 0.717) is 11.8 Å². The minimum Gasteiger partial charge on any atom is -0.283 e. The summed E-state index contributed by atoms with van der Waals surface area (Å²) in [5.41, 5.74) is 8.04. The van der Waals surface area contributed by atoms with Crippen LogP contribution in [-0.2, 0) is 5.41 Å². The van der Waals surface area contributed by atoms with Gasteiger partial charge in [0.1, 0.15) is 10.5 Å². The van der Waals surface area contributed by atoms with E-state index in [0.717, 1.165) is 18.5 Å². The largest absolute Gasteiger partial charge is 0.283 e. The van der Waals surface area contributed by atoms with Gasteiger partial charge in [-0.3, -0.25) is 4.40 Å². The van der Waals surface area contributed by atoms with Crippen molar-refractivity contribution in [3.63, 3.8) is 0 Å². The lowest BCUT2D eigenvalue weighted by Gasteiger charge is -2.29. The van der Waals surface area contributed by atoms with E-state index < -0.39 is 0 Å². The monoisotopic (exact) mass is 512 g/mol. The lowest BCUT2D eigenvalue weighted by molar-refractivity contribution is 0.443. The molecular formula is C34H44N2S. The molecule has 0 unspecified atom stereocenters. The number of aryl methyl sites for hydroxylation is 1. The summed E-state index contributed by atoms with van der Waals surface area (Å²) < 4.78 is 2.48. The molecule has 0 spiro atoms. The predicted octanol–water partition coefficient (Wildman–Crippen LogP) is 11.0. The minimum atomic E-state index is 0.115. The van der Waals surface area contributed by atoms with E-state index in [9.17, 15) is 0 Å². The molecule has 0 saturated heterocycles. The first-order chi connectivity index (χ1) is 17.7. The van der Waals surface area contributed by atoms with Crippen molar-refractivity contribution in [1.82, 2.24) is 9.38 Å². The van der Waals surface area contributed by atoms with E-state index in [-0.39, 0.29) is 5.41 Å². The molecule has 0 fully saturated rings. The first-order valence-corrected chi connectivity index (χ1v) is 15.0. The number of benzene rings is 2. The van der Waals surface area contributed by atoms with Gasteiger partial charge in [0.15, 0.2) is 0 Å². The predicted molar refractivity (Wildman–Crippen MR) is 166 cm³/mol. The maximum atomic E-state index is 5.20. The standard InChI is InChI=1S/C32H38N2S.C2H6/c1-9-32(8,10-2)26-16-12-15-24-25-17-21(7)35-31(25)34-27(18-33-30(34)29(24)26)28-22(19(3)4)13-11-14-23(28)20(5)6;1-2/h11-20H,9-10H2,1-8H3;1-2H3. The molecule has 0 amide bonds. The Morgan fingerprint density at radius 3 is 2.05 bits per heavy atom. The van der Waals surface area contributed by atoms with Gasteiger partial charge < -0.3 is 0 Å². The number of thiophene rings is 1. The number of nitrogens with zero attached hydrogens (tertiary/aromatic N) is 2. The van der Waals surface area contributed by atoms with Gasteiger partial charge in [-0.25, -0.2) is 4.98 Å². The third-order valence-electron chi connectivity index (χ3n) is 8.22. The van der Waals surface area contributed by atoms with Crippen molar-refractivity contribution in [3.05, 3.63) is 70.2 Å². The van der Waals surface area contributed by atoms with Gasteiger partial charge >= 0.3 is 0 Å². The Labute approximate surface area is 227 Å². The lowest BCUT2D eigenvalue weighted by atomic mass is 9.76. The van der Waals surface area contributed by atoms with Crippen LogP contribution in [0.4, 0.5) is 0 Å². The number of imidazole rings is 1. The quantitative estimate of drug-likeness (QED) is 0.221. The summed E-state index contributed by atoms with van der Waals surface area (Å²) in [6, 6.07) is 16.1. The first-order valence-electron chi connectivity index (χ1n) is 14.2. The number of rotatable bonds is 6. The minimum absolute atomic E-state index is 0.115. The molecule has 37 heavy (non-hydrogen) atoms. The molecule has 0 aliphatic carbocycles. The number of hydrogen-bond donors (Lipinski definition) is 0. The molecule has 0 bridgehead atoms. The zero-order valence-electron chi connectivity index (χ0n) is 24.5. The van der Waals surface area contributed by atoms with Crippen molar-refractivity contribution < 1.29 is 0 Å². The number of fused-ring (bicyclic) bond motifs is 6. The Morgan fingerprint density at radius 2 is 1.49 bits per heavy atom. The second kappa shape index (κ2) is 10.6. The molecule has 0 aliphatic heterocycles. The van der Waals surface area contributed by atoms with E-state index in [4.69, 9.17) is 4.98 Å². The van der Waals surface area contributed by atoms with Gasteiger partial charge in [0.05, 0.1) is 11.9 Å². The van der Waals surface area contributed by atoms with E-state index in [2.05, 4.69) is 108 Å². The highest BCUT2D eigenvalue weighted by molar-refractivity contribution is 7.18. The van der Waals surface area contributed by atoms with Gasteiger partial charge in [-0.1, -0.05) is 98.7 Å². The summed E-state index contributed by atoms with van der Waals surface area (Å²) >= 11 is 1.89. The average Bonchev–Trinajstić information content (AvgIpc) is 3.52. The normalized spacial score (nSPS) is 12.2. The van der Waals surface area contributed by atoms with E-state index in [1.807, 2.05) is 25.2 Å². The summed E-state index contributed by atoms with van der Waals surface area (Å²) in [5, 5.41) is 4.00. The SMILES string of the molecule is CC.CCC(C)(CC)c1cccc2c3cc(C)sc3n3c(-c4c(C(C)C)cccc4C(C)C)cnc3c12. The van der Waals surface area contributed by atoms with Gasteiger partial charge in [-0.05, 0) is 65.2 Å². The van der Waals surface area contributed by atoms with Crippen molar-refractivity contribution >= 4 is 38.0 Å². The van der Waals surface area contributed by atoms with Gasteiger partial charge in [-0.2, -0.15) is 0 Å².